The first kappa shape index (κ1) is 16.3. The summed E-state index contributed by atoms with van der Waals surface area (Å²) in [5, 5.41) is 0. The number of nitrogens with one attached hydrogen (secondary N) is 1. The molecule has 2 nitrogen and oxygen atoms in total. The predicted octanol–water partition coefficient (Wildman–Crippen LogP) is 4.50. The molecule has 2 heteroatoms. The zero-order valence-electron chi connectivity index (χ0n) is 14.1. The van der Waals surface area contributed by atoms with Gasteiger partial charge in [-0.1, -0.05) is 40.5 Å². The van der Waals surface area contributed by atoms with Crippen LogP contribution in [-0.2, 0) is 0 Å². The van der Waals surface area contributed by atoms with Gasteiger partial charge in [-0.2, -0.15) is 0 Å². The third kappa shape index (κ3) is 3.98. The minimum Gasteiger partial charge on any atom is -0.271 e. The summed E-state index contributed by atoms with van der Waals surface area (Å²) < 4.78 is 0. The highest BCUT2D eigenvalue weighted by Crippen LogP contribution is 2.43. The number of rotatable bonds is 3. The molecule has 0 aliphatic heterocycles. The van der Waals surface area contributed by atoms with Crippen molar-refractivity contribution in [3.8, 4) is 0 Å². The third-order valence-electron chi connectivity index (χ3n) is 6.18. The second-order valence-electron chi connectivity index (χ2n) is 8.70. The van der Waals surface area contributed by atoms with Gasteiger partial charge in [0.05, 0.1) is 0 Å². The molecule has 0 saturated heterocycles. The second-order valence-corrected chi connectivity index (χ2v) is 8.70. The average Bonchev–Trinajstić information content (AvgIpc) is 2.39. The van der Waals surface area contributed by atoms with E-state index in [2.05, 4.69) is 33.1 Å². The van der Waals surface area contributed by atoms with E-state index < -0.39 is 0 Å². The Morgan fingerprint density at radius 1 is 0.950 bits per heavy atom. The zero-order chi connectivity index (χ0) is 14.8. The van der Waals surface area contributed by atoms with Gasteiger partial charge in [0.25, 0.3) is 0 Å². The maximum atomic E-state index is 5.95. The van der Waals surface area contributed by atoms with Gasteiger partial charge in [-0.05, 0) is 67.6 Å². The monoisotopic (exact) mass is 280 g/mol. The highest BCUT2D eigenvalue weighted by Gasteiger charge is 2.36. The van der Waals surface area contributed by atoms with Crippen LogP contribution < -0.4 is 11.3 Å². The highest BCUT2D eigenvalue weighted by atomic mass is 15.2. The Morgan fingerprint density at radius 2 is 1.60 bits per heavy atom. The zero-order valence-corrected chi connectivity index (χ0v) is 14.1. The summed E-state index contributed by atoms with van der Waals surface area (Å²) in [5.41, 5.74) is 3.70. The first-order chi connectivity index (χ1) is 9.41. The molecule has 3 N–H and O–H groups in total. The summed E-state index contributed by atoms with van der Waals surface area (Å²) in [7, 11) is 0. The Kier molecular flexibility index (Phi) is 5.53. The maximum absolute atomic E-state index is 5.95. The van der Waals surface area contributed by atoms with Crippen molar-refractivity contribution < 1.29 is 0 Å². The van der Waals surface area contributed by atoms with Crippen molar-refractivity contribution >= 4 is 0 Å². The fourth-order valence-corrected chi connectivity index (χ4v) is 4.81. The van der Waals surface area contributed by atoms with Crippen molar-refractivity contribution in [2.45, 2.75) is 85.1 Å². The molecule has 0 aromatic heterocycles. The molecule has 0 radical (unpaired) electrons. The van der Waals surface area contributed by atoms with Crippen molar-refractivity contribution in [1.29, 1.82) is 0 Å². The van der Waals surface area contributed by atoms with Gasteiger partial charge in [0.15, 0.2) is 0 Å². The van der Waals surface area contributed by atoms with Crippen LogP contribution >= 0.6 is 0 Å². The smallest absolute Gasteiger partial charge is 0.0267 e. The molecule has 20 heavy (non-hydrogen) atoms. The molecule has 2 aliphatic rings. The summed E-state index contributed by atoms with van der Waals surface area (Å²) in [5.74, 6) is 9.39. The molecule has 2 fully saturated rings. The quantitative estimate of drug-likeness (QED) is 0.590. The first-order valence-electron chi connectivity index (χ1n) is 8.88. The standard InChI is InChI=1S/C18H36N2/c1-13-6-5-7-15(12-13)17(20-19)14-8-10-16(11-9-14)18(2,3)4/h13-17,20H,5-12,19H2,1-4H3. The normalized spacial score (nSPS) is 37.6. The fourth-order valence-electron chi connectivity index (χ4n) is 4.81. The van der Waals surface area contributed by atoms with Crippen LogP contribution in [0.2, 0.25) is 0 Å². The fraction of sp³-hybridized carbons (Fsp3) is 1.00. The molecule has 118 valence electrons. The van der Waals surface area contributed by atoms with E-state index >= 15 is 0 Å². The van der Waals surface area contributed by atoms with Gasteiger partial charge in [0, 0.05) is 6.04 Å². The molecule has 0 aromatic carbocycles. The van der Waals surface area contributed by atoms with E-state index in [4.69, 9.17) is 5.84 Å². The Bertz CT molecular complexity index is 286. The van der Waals surface area contributed by atoms with Gasteiger partial charge in [-0.15, -0.1) is 0 Å². The SMILES string of the molecule is CC1CCCC(C(NN)C2CCC(C(C)(C)C)CC2)C1. The minimum absolute atomic E-state index is 0.482. The lowest BCUT2D eigenvalue weighted by Crippen LogP contribution is -2.48. The lowest BCUT2D eigenvalue weighted by molar-refractivity contribution is 0.100. The number of hydrogen-bond donors (Lipinski definition) is 2. The largest absolute Gasteiger partial charge is 0.271 e. The molecule has 0 heterocycles. The van der Waals surface area contributed by atoms with Gasteiger partial charge in [0.2, 0.25) is 0 Å². The van der Waals surface area contributed by atoms with Crippen molar-refractivity contribution in [2.24, 2.45) is 34.9 Å². The van der Waals surface area contributed by atoms with Crippen molar-refractivity contribution in [3.05, 3.63) is 0 Å². The predicted molar refractivity (Wildman–Crippen MR) is 87.1 cm³/mol. The highest BCUT2D eigenvalue weighted by molar-refractivity contribution is 4.89. The van der Waals surface area contributed by atoms with E-state index in [1.54, 1.807) is 0 Å². The Labute approximate surface area is 126 Å². The van der Waals surface area contributed by atoms with Crippen LogP contribution in [0.25, 0.3) is 0 Å². The Morgan fingerprint density at radius 3 is 2.10 bits per heavy atom. The van der Waals surface area contributed by atoms with E-state index in [9.17, 15) is 0 Å². The molecule has 3 atom stereocenters. The number of nitrogens with two attached hydrogens (primary N) is 1. The van der Waals surface area contributed by atoms with Crippen LogP contribution in [0.3, 0.4) is 0 Å². The summed E-state index contributed by atoms with van der Waals surface area (Å²) >= 11 is 0. The molecule has 3 unspecified atom stereocenters. The second kappa shape index (κ2) is 6.79. The summed E-state index contributed by atoms with van der Waals surface area (Å²) in [6.45, 7) is 9.62. The number of hydrogen-bond acceptors (Lipinski definition) is 2. The topological polar surface area (TPSA) is 38.0 Å². The van der Waals surface area contributed by atoms with Crippen LogP contribution in [0.4, 0.5) is 0 Å². The summed E-state index contributed by atoms with van der Waals surface area (Å²) in [6.07, 6.45) is 11.1. The average molecular weight is 281 g/mol. The Balaban J connectivity index is 1.90. The van der Waals surface area contributed by atoms with Crippen LogP contribution in [0.1, 0.15) is 79.1 Å². The van der Waals surface area contributed by atoms with Crippen LogP contribution in [0.5, 0.6) is 0 Å². The molecule has 2 aliphatic carbocycles. The van der Waals surface area contributed by atoms with Gasteiger partial charge >= 0.3 is 0 Å². The van der Waals surface area contributed by atoms with Crippen LogP contribution in [0, 0.1) is 29.1 Å². The van der Waals surface area contributed by atoms with Gasteiger partial charge in [0.1, 0.15) is 0 Å². The molecule has 0 amide bonds. The molecular formula is C18H36N2. The molecule has 2 saturated carbocycles. The Hall–Kier alpha value is -0.0800. The van der Waals surface area contributed by atoms with E-state index in [0.717, 1.165) is 23.7 Å². The van der Waals surface area contributed by atoms with E-state index in [1.165, 1.54) is 51.4 Å². The van der Waals surface area contributed by atoms with Crippen molar-refractivity contribution in [3.63, 3.8) is 0 Å². The van der Waals surface area contributed by atoms with E-state index in [0.29, 0.717) is 11.5 Å². The van der Waals surface area contributed by atoms with Crippen LogP contribution in [-0.4, -0.2) is 6.04 Å². The molecular weight excluding hydrogens is 244 g/mol. The summed E-state index contributed by atoms with van der Waals surface area (Å²) in [6, 6.07) is 0.568. The van der Waals surface area contributed by atoms with Crippen molar-refractivity contribution in [1.82, 2.24) is 5.43 Å². The van der Waals surface area contributed by atoms with E-state index in [1.807, 2.05) is 0 Å². The van der Waals surface area contributed by atoms with Gasteiger partial charge < -0.3 is 0 Å². The maximum Gasteiger partial charge on any atom is 0.0267 e. The molecule has 0 spiro atoms. The third-order valence-corrected chi connectivity index (χ3v) is 6.18. The van der Waals surface area contributed by atoms with Gasteiger partial charge in [-0.3, -0.25) is 11.3 Å². The molecule has 2 rings (SSSR count). The van der Waals surface area contributed by atoms with Crippen LogP contribution in [0.15, 0.2) is 0 Å². The first-order valence-corrected chi connectivity index (χ1v) is 8.88. The lowest BCUT2D eigenvalue weighted by Gasteiger charge is -2.43. The molecule has 0 aromatic rings. The molecule has 0 bridgehead atoms. The van der Waals surface area contributed by atoms with E-state index in [-0.39, 0.29) is 0 Å². The van der Waals surface area contributed by atoms with Gasteiger partial charge in [-0.25, -0.2) is 0 Å². The lowest BCUT2D eigenvalue weighted by atomic mass is 9.66. The van der Waals surface area contributed by atoms with Crippen molar-refractivity contribution in [2.75, 3.05) is 0 Å². The number of hydrazine groups is 1. The summed E-state index contributed by atoms with van der Waals surface area (Å²) in [4.78, 5) is 0. The minimum atomic E-state index is 0.482.